The molecule has 0 aliphatic heterocycles. The van der Waals surface area contributed by atoms with Crippen molar-refractivity contribution in [3.63, 3.8) is 0 Å². The van der Waals surface area contributed by atoms with Crippen LogP contribution in [0, 0.1) is 6.92 Å². The van der Waals surface area contributed by atoms with E-state index in [-0.39, 0.29) is 11.8 Å². The fourth-order valence-corrected chi connectivity index (χ4v) is 3.51. The zero-order chi connectivity index (χ0) is 17.7. The van der Waals surface area contributed by atoms with Crippen molar-refractivity contribution >= 4 is 62.5 Å². The Labute approximate surface area is 158 Å². The zero-order valence-electron chi connectivity index (χ0n) is 13.2. The second kappa shape index (κ2) is 8.55. The van der Waals surface area contributed by atoms with Crippen LogP contribution in [0.3, 0.4) is 0 Å². The van der Waals surface area contributed by atoms with Gasteiger partial charge in [0.2, 0.25) is 11.8 Å². The lowest BCUT2D eigenvalue weighted by molar-refractivity contribution is -0.114. The van der Waals surface area contributed by atoms with Crippen LogP contribution in [0.1, 0.15) is 12.5 Å². The number of amides is 2. The predicted molar refractivity (Wildman–Crippen MR) is 104 cm³/mol. The Kier molecular flexibility index (Phi) is 6.71. The van der Waals surface area contributed by atoms with Crippen molar-refractivity contribution in [2.45, 2.75) is 18.7 Å². The SMILES string of the molecule is CC(=O)Nc1ccc(NC(=O)CSc2ccc(Br)cc2C)cc1Cl. The van der Waals surface area contributed by atoms with Crippen LogP contribution < -0.4 is 10.6 Å². The van der Waals surface area contributed by atoms with Crippen LogP contribution in [-0.4, -0.2) is 17.6 Å². The van der Waals surface area contributed by atoms with E-state index in [1.54, 1.807) is 18.2 Å². The van der Waals surface area contributed by atoms with Crippen LogP contribution in [-0.2, 0) is 9.59 Å². The van der Waals surface area contributed by atoms with Gasteiger partial charge in [-0.25, -0.2) is 0 Å². The quantitative estimate of drug-likeness (QED) is 0.653. The molecule has 0 aromatic heterocycles. The minimum Gasteiger partial charge on any atom is -0.325 e. The molecule has 0 spiro atoms. The van der Waals surface area contributed by atoms with Crippen molar-refractivity contribution in [3.05, 3.63) is 51.5 Å². The molecule has 0 saturated carbocycles. The van der Waals surface area contributed by atoms with E-state index in [1.165, 1.54) is 18.7 Å². The van der Waals surface area contributed by atoms with E-state index >= 15 is 0 Å². The predicted octanol–water partition coefficient (Wildman–Crippen LogP) is 5.10. The number of thioether (sulfide) groups is 1. The van der Waals surface area contributed by atoms with Crippen LogP contribution in [0.15, 0.2) is 45.8 Å². The van der Waals surface area contributed by atoms with E-state index in [1.807, 2.05) is 25.1 Å². The van der Waals surface area contributed by atoms with E-state index in [4.69, 9.17) is 11.6 Å². The molecular formula is C17H16BrClN2O2S. The maximum atomic E-state index is 12.1. The molecule has 0 atom stereocenters. The average Bonchev–Trinajstić information content (AvgIpc) is 2.49. The fourth-order valence-electron chi connectivity index (χ4n) is 2.00. The van der Waals surface area contributed by atoms with Crippen LogP contribution in [0.4, 0.5) is 11.4 Å². The molecule has 0 heterocycles. The molecule has 126 valence electrons. The third-order valence-electron chi connectivity index (χ3n) is 3.06. The monoisotopic (exact) mass is 426 g/mol. The van der Waals surface area contributed by atoms with Gasteiger partial charge < -0.3 is 10.6 Å². The lowest BCUT2D eigenvalue weighted by Crippen LogP contribution is -2.14. The summed E-state index contributed by atoms with van der Waals surface area (Å²) < 4.78 is 1.02. The lowest BCUT2D eigenvalue weighted by atomic mass is 10.2. The summed E-state index contributed by atoms with van der Waals surface area (Å²) in [7, 11) is 0. The van der Waals surface area contributed by atoms with Gasteiger partial charge in [-0.1, -0.05) is 27.5 Å². The van der Waals surface area contributed by atoms with Gasteiger partial charge >= 0.3 is 0 Å². The highest BCUT2D eigenvalue weighted by atomic mass is 79.9. The number of carbonyl (C=O) groups is 2. The van der Waals surface area contributed by atoms with Crippen LogP contribution in [0.5, 0.6) is 0 Å². The number of carbonyl (C=O) groups excluding carboxylic acids is 2. The standard InChI is InChI=1S/C17H16BrClN2O2S/c1-10-7-12(18)3-6-16(10)24-9-17(23)21-13-4-5-15(14(19)8-13)20-11(2)22/h3-8H,9H2,1-2H3,(H,20,22)(H,21,23). The first-order valence-corrected chi connectivity index (χ1v) is 9.27. The van der Waals surface area contributed by atoms with E-state index in [9.17, 15) is 9.59 Å². The highest BCUT2D eigenvalue weighted by molar-refractivity contribution is 9.10. The molecule has 0 aliphatic carbocycles. The summed E-state index contributed by atoms with van der Waals surface area (Å²) in [5.74, 6) is -0.0197. The van der Waals surface area contributed by atoms with Crippen molar-refractivity contribution in [1.29, 1.82) is 0 Å². The number of hydrogen-bond donors (Lipinski definition) is 2. The molecule has 2 amide bonds. The molecule has 4 nitrogen and oxygen atoms in total. The second-order valence-electron chi connectivity index (χ2n) is 5.12. The van der Waals surface area contributed by atoms with Gasteiger partial charge in [0.15, 0.2) is 0 Å². The molecule has 2 rings (SSSR count). The van der Waals surface area contributed by atoms with Gasteiger partial charge in [-0.05, 0) is 48.9 Å². The number of rotatable bonds is 5. The van der Waals surface area contributed by atoms with Crippen molar-refractivity contribution in [1.82, 2.24) is 0 Å². The molecule has 2 aromatic carbocycles. The second-order valence-corrected chi connectivity index (χ2v) is 7.46. The van der Waals surface area contributed by atoms with Gasteiger partial charge in [0.25, 0.3) is 0 Å². The molecule has 0 radical (unpaired) electrons. The lowest BCUT2D eigenvalue weighted by Gasteiger charge is -2.10. The molecular weight excluding hydrogens is 412 g/mol. The summed E-state index contributed by atoms with van der Waals surface area (Å²) in [6.45, 7) is 3.42. The van der Waals surface area contributed by atoms with Crippen LogP contribution >= 0.6 is 39.3 Å². The normalized spacial score (nSPS) is 10.3. The zero-order valence-corrected chi connectivity index (χ0v) is 16.3. The first-order chi connectivity index (χ1) is 11.3. The summed E-state index contributed by atoms with van der Waals surface area (Å²) in [6.07, 6.45) is 0. The molecule has 24 heavy (non-hydrogen) atoms. The van der Waals surface area contributed by atoms with Gasteiger partial charge in [0.1, 0.15) is 0 Å². The van der Waals surface area contributed by atoms with Crippen molar-refractivity contribution in [2.75, 3.05) is 16.4 Å². The summed E-state index contributed by atoms with van der Waals surface area (Å²) in [5, 5.41) is 5.79. The van der Waals surface area contributed by atoms with Crippen LogP contribution in [0.2, 0.25) is 5.02 Å². The fraction of sp³-hybridized carbons (Fsp3) is 0.176. The largest absolute Gasteiger partial charge is 0.325 e. The van der Waals surface area contributed by atoms with Crippen molar-refractivity contribution in [2.24, 2.45) is 0 Å². The third-order valence-corrected chi connectivity index (χ3v) is 5.04. The molecule has 0 fully saturated rings. The van der Waals surface area contributed by atoms with E-state index in [2.05, 4.69) is 26.6 Å². The van der Waals surface area contributed by atoms with Gasteiger partial charge in [0.05, 0.1) is 16.5 Å². The van der Waals surface area contributed by atoms with Gasteiger partial charge in [0, 0.05) is 22.0 Å². The van der Waals surface area contributed by atoms with E-state index in [0.29, 0.717) is 22.2 Å². The molecule has 7 heteroatoms. The Bertz CT molecular complexity index is 783. The maximum Gasteiger partial charge on any atom is 0.234 e. The first-order valence-electron chi connectivity index (χ1n) is 7.11. The van der Waals surface area contributed by atoms with Crippen LogP contribution in [0.25, 0.3) is 0 Å². The summed E-state index contributed by atoms with van der Waals surface area (Å²) in [6, 6.07) is 10.9. The highest BCUT2D eigenvalue weighted by Gasteiger charge is 2.08. The molecule has 0 bridgehead atoms. The number of halogens is 2. The molecule has 2 aromatic rings. The topological polar surface area (TPSA) is 58.2 Å². The number of anilines is 2. The van der Waals surface area contributed by atoms with E-state index < -0.39 is 0 Å². The minimum atomic E-state index is -0.199. The Morgan fingerprint density at radius 3 is 2.54 bits per heavy atom. The Morgan fingerprint density at radius 2 is 1.92 bits per heavy atom. The number of aryl methyl sites for hydroxylation is 1. The Balaban J connectivity index is 1.94. The number of nitrogens with one attached hydrogen (secondary N) is 2. The number of hydrogen-bond acceptors (Lipinski definition) is 3. The molecule has 0 saturated heterocycles. The smallest absolute Gasteiger partial charge is 0.234 e. The summed E-state index contributed by atoms with van der Waals surface area (Å²) >= 11 is 11.0. The minimum absolute atomic E-state index is 0.120. The maximum absolute atomic E-state index is 12.1. The average molecular weight is 428 g/mol. The molecule has 0 unspecified atom stereocenters. The van der Waals surface area contributed by atoms with Crippen molar-refractivity contribution < 1.29 is 9.59 Å². The summed E-state index contributed by atoms with van der Waals surface area (Å²) in [4.78, 5) is 24.2. The van der Waals surface area contributed by atoms with Gasteiger partial charge in [-0.2, -0.15) is 0 Å². The Hall–Kier alpha value is -1.50. The Morgan fingerprint density at radius 1 is 1.17 bits per heavy atom. The summed E-state index contributed by atoms with van der Waals surface area (Å²) in [5.41, 5.74) is 2.22. The number of benzene rings is 2. The highest BCUT2D eigenvalue weighted by Crippen LogP contribution is 2.27. The van der Waals surface area contributed by atoms with Gasteiger partial charge in [-0.15, -0.1) is 11.8 Å². The third kappa shape index (κ3) is 5.54. The van der Waals surface area contributed by atoms with E-state index in [0.717, 1.165) is 14.9 Å². The van der Waals surface area contributed by atoms with Gasteiger partial charge in [-0.3, -0.25) is 9.59 Å². The first kappa shape index (κ1) is 18.8. The van der Waals surface area contributed by atoms with Crippen molar-refractivity contribution in [3.8, 4) is 0 Å². The molecule has 0 aliphatic rings. The molecule has 2 N–H and O–H groups in total.